The summed E-state index contributed by atoms with van der Waals surface area (Å²) in [4.78, 5) is 14.5. The Kier molecular flexibility index (Phi) is 3.48. The molecule has 1 aromatic carbocycles. The molecule has 2 N–H and O–H groups in total. The quantitative estimate of drug-likeness (QED) is 0.885. The minimum atomic E-state index is -3.68. The van der Waals surface area contributed by atoms with Crippen molar-refractivity contribution in [2.45, 2.75) is 4.90 Å². The van der Waals surface area contributed by atoms with Gasteiger partial charge in [-0.05, 0) is 36.4 Å². The van der Waals surface area contributed by atoms with E-state index in [0.717, 1.165) is 0 Å². The molecular formula is C12H10N2O4S. The number of aromatic carboxylic acids is 1. The molecule has 0 atom stereocenters. The van der Waals surface area contributed by atoms with Crippen molar-refractivity contribution < 1.29 is 18.3 Å². The summed E-state index contributed by atoms with van der Waals surface area (Å²) in [6, 6.07) is 8.17. The molecule has 0 fully saturated rings. The first-order valence-corrected chi connectivity index (χ1v) is 6.73. The number of hydrogen-bond acceptors (Lipinski definition) is 4. The minimum absolute atomic E-state index is 0.0878. The lowest BCUT2D eigenvalue weighted by Gasteiger charge is -2.07. The third kappa shape index (κ3) is 3.08. The summed E-state index contributed by atoms with van der Waals surface area (Å²) >= 11 is 0. The average Bonchev–Trinajstić information content (AvgIpc) is 2.40. The van der Waals surface area contributed by atoms with Crippen LogP contribution in [0.25, 0.3) is 0 Å². The number of rotatable bonds is 4. The first kappa shape index (κ1) is 13.0. The van der Waals surface area contributed by atoms with Gasteiger partial charge in [0, 0.05) is 18.1 Å². The number of nitrogens with one attached hydrogen (secondary N) is 1. The zero-order valence-corrected chi connectivity index (χ0v) is 10.5. The van der Waals surface area contributed by atoms with Crippen LogP contribution in [0.2, 0.25) is 0 Å². The topological polar surface area (TPSA) is 96.4 Å². The lowest BCUT2D eigenvalue weighted by molar-refractivity contribution is 0.0697. The highest BCUT2D eigenvalue weighted by molar-refractivity contribution is 7.92. The number of pyridine rings is 1. The molecule has 6 nitrogen and oxygen atoms in total. The van der Waals surface area contributed by atoms with E-state index in [2.05, 4.69) is 9.71 Å². The molecule has 0 aliphatic rings. The fraction of sp³-hybridized carbons (Fsp3) is 0. The normalized spacial score (nSPS) is 10.9. The van der Waals surface area contributed by atoms with Crippen LogP contribution in [0.15, 0.2) is 53.7 Å². The summed E-state index contributed by atoms with van der Waals surface area (Å²) in [5.41, 5.74) is 0.383. The molecule has 0 saturated heterocycles. The molecule has 7 heteroatoms. The second-order valence-electron chi connectivity index (χ2n) is 3.67. The van der Waals surface area contributed by atoms with Gasteiger partial charge in [0.15, 0.2) is 0 Å². The lowest BCUT2D eigenvalue weighted by atomic mass is 10.2. The Labute approximate surface area is 109 Å². The van der Waals surface area contributed by atoms with Gasteiger partial charge in [-0.1, -0.05) is 0 Å². The van der Waals surface area contributed by atoms with Crippen LogP contribution >= 0.6 is 0 Å². The SMILES string of the molecule is O=C(O)c1ccc(NS(=O)(=O)c2ccncc2)cc1. The number of carbonyl (C=O) groups is 1. The van der Waals surface area contributed by atoms with Crippen LogP contribution in [0.4, 0.5) is 5.69 Å². The molecule has 0 aliphatic carbocycles. The van der Waals surface area contributed by atoms with Crippen molar-refractivity contribution in [3.63, 3.8) is 0 Å². The zero-order valence-electron chi connectivity index (χ0n) is 9.65. The van der Waals surface area contributed by atoms with Gasteiger partial charge < -0.3 is 5.11 Å². The van der Waals surface area contributed by atoms with Crippen molar-refractivity contribution >= 4 is 21.7 Å². The second-order valence-corrected chi connectivity index (χ2v) is 5.35. The van der Waals surface area contributed by atoms with Crippen LogP contribution in [-0.2, 0) is 10.0 Å². The van der Waals surface area contributed by atoms with E-state index < -0.39 is 16.0 Å². The Balaban J connectivity index is 2.24. The van der Waals surface area contributed by atoms with Gasteiger partial charge in [-0.25, -0.2) is 13.2 Å². The smallest absolute Gasteiger partial charge is 0.335 e. The molecule has 98 valence electrons. The summed E-state index contributed by atoms with van der Waals surface area (Å²) < 4.78 is 26.3. The molecule has 0 amide bonds. The number of sulfonamides is 1. The number of anilines is 1. The Morgan fingerprint density at radius 2 is 1.63 bits per heavy atom. The molecule has 0 saturated carbocycles. The van der Waals surface area contributed by atoms with Crippen LogP contribution in [0.1, 0.15) is 10.4 Å². The first-order chi connectivity index (χ1) is 8.99. The summed E-state index contributed by atoms with van der Waals surface area (Å²) in [5.74, 6) is -1.07. The molecule has 2 aromatic rings. The van der Waals surface area contributed by atoms with Gasteiger partial charge in [0.05, 0.1) is 10.5 Å². The molecule has 0 radical (unpaired) electrons. The van der Waals surface area contributed by atoms with Crippen LogP contribution < -0.4 is 4.72 Å². The van der Waals surface area contributed by atoms with Crippen LogP contribution in [0.3, 0.4) is 0 Å². The van der Waals surface area contributed by atoms with E-state index in [0.29, 0.717) is 5.69 Å². The average molecular weight is 278 g/mol. The van der Waals surface area contributed by atoms with Crippen LogP contribution in [0, 0.1) is 0 Å². The van der Waals surface area contributed by atoms with Crippen LogP contribution in [0.5, 0.6) is 0 Å². The molecule has 2 rings (SSSR count). The van der Waals surface area contributed by atoms with E-state index in [4.69, 9.17) is 5.11 Å². The Hall–Kier alpha value is -2.41. The molecule has 19 heavy (non-hydrogen) atoms. The maximum atomic E-state index is 12.0. The molecule has 0 aliphatic heterocycles. The predicted molar refractivity (Wildman–Crippen MR) is 68.4 cm³/mol. The van der Waals surface area contributed by atoms with Crippen molar-refractivity contribution in [1.29, 1.82) is 0 Å². The first-order valence-electron chi connectivity index (χ1n) is 5.25. The fourth-order valence-corrected chi connectivity index (χ4v) is 2.46. The summed E-state index contributed by atoms with van der Waals surface area (Å²) in [6.07, 6.45) is 2.75. The van der Waals surface area contributed by atoms with Gasteiger partial charge in [-0.2, -0.15) is 0 Å². The molecule has 1 aromatic heterocycles. The van der Waals surface area contributed by atoms with Gasteiger partial charge >= 0.3 is 5.97 Å². The maximum Gasteiger partial charge on any atom is 0.335 e. The number of carboxylic acid groups (broad SMARTS) is 1. The highest BCUT2D eigenvalue weighted by Gasteiger charge is 2.13. The summed E-state index contributed by atoms with van der Waals surface area (Å²) in [6.45, 7) is 0. The summed E-state index contributed by atoms with van der Waals surface area (Å²) in [5, 5.41) is 8.74. The van der Waals surface area contributed by atoms with E-state index in [-0.39, 0.29) is 10.5 Å². The van der Waals surface area contributed by atoms with Gasteiger partial charge in [0.1, 0.15) is 0 Å². The zero-order chi connectivity index (χ0) is 13.9. The van der Waals surface area contributed by atoms with E-state index in [9.17, 15) is 13.2 Å². The van der Waals surface area contributed by atoms with Crippen molar-refractivity contribution in [1.82, 2.24) is 4.98 Å². The van der Waals surface area contributed by atoms with Crippen molar-refractivity contribution in [2.75, 3.05) is 4.72 Å². The minimum Gasteiger partial charge on any atom is -0.478 e. The highest BCUT2D eigenvalue weighted by atomic mass is 32.2. The third-order valence-corrected chi connectivity index (χ3v) is 3.74. The monoisotopic (exact) mass is 278 g/mol. The van der Waals surface area contributed by atoms with Crippen LogP contribution in [-0.4, -0.2) is 24.5 Å². The van der Waals surface area contributed by atoms with E-state index >= 15 is 0 Å². The van der Waals surface area contributed by atoms with Crippen molar-refractivity contribution in [3.05, 3.63) is 54.4 Å². The Morgan fingerprint density at radius 3 is 2.16 bits per heavy atom. The number of nitrogens with zero attached hydrogens (tertiary/aromatic N) is 1. The number of carboxylic acids is 1. The van der Waals surface area contributed by atoms with Gasteiger partial charge in [-0.3, -0.25) is 9.71 Å². The van der Waals surface area contributed by atoms with Gasteiger partial charge in [-0.15, -0.1) is 0 Å². The highest BCUT2D eigenvalue weighted by Crippen LogP contribution is 2.15. The van der Waals surface area contributed by atoms with E-state index in [1.165, 1.54) is 48.8 Å². The van der Waals surface area contributed by atoms with E-state index in [1.54, 1.807) is 0 Å². The van der Waals surface area contributed by atoms with E-state index in [1.807, 2.05) is 0 Å². The molecule has 0 unspecified atom stereocenters. The molecule has 0 spiro atoms. The van der Waals surface area contributed by atoms with Crippen molar-refractivity contribution in [2.24, 2.45) is 0 Å². The standard InChI is InChI=1S/C12H10N2O4S/c15-12(16)9-1-3-10(4-2-9)14-19(17,18)11-5-7-13-8-6-11/h1-8,14H,(H,15,16). The number of aromatic nitrogens is 1. The number of hydrogen-bond donors (Lipinski definition) is 2. The molecule has 1 heterocycles. The lowest BCUT2D eigenvalue weighted by Crippen LogP contribution is -2.13. The summed E-state index contributed by atoms with van der Waals surface area (Å²) in [7, 11) is -3.68. The Morgan fingerprint density at radius 1 is 1.05 bits per heavy atom. The van der Waals surface area contributed by atoms with Gasteiger partial charge in [0.2, 0.25) is 0 Å². The third-order valence-electron chi connectivity index (χ3n) is 2.34. The Bertz CT molecular complexity index is 681. The fourth-order valence-electron chi connectivity index (χ4n) is 1.41. The second kappa shape index (κ2) is 5.07. The largest absolute Gasteiger partial charge is 0.478 e. The maximum absolute atomic E-state index is 12.0. The van der Waals surface area contributed by atoms with Gasteiger partial charge in [0.25, 0.3) is 10.0 Å². The molecular weight excluding hydrogens is 268 g/mol. The van der Waals surface area contributed by atoms with Crippen molar-refractivity contribution in [3.8, 4) is 0 Å². The predicted octanol–water partition coefficient (Wildman–Crippen LogP) is 1.58. The molecule has 0 bridgehead atoms. The number of benzene rings is 1.